The number of aromatic nitrogens is 1. The first-order valence-corrected chi connectivity index (χ1v) is 18.5. The third kappa shape index (κ3) is 8.28. The number of carbonyl (C=O) groups excluding carboxylic acids is 1. The molecule has 0 spiro atoms. The zero-order valence-corrected chi connectivity index (χ0v) is 30.6. The van der Waals surface area contributed by atoms with Crippen molar-refractivity contribution in [3.05, 3.63) is 64.1 Å². The lowest BCUT2D eigenvalue weighted by Crippen LogP contribution is -2.59. The summed E-state index contributed by atoms with van der Waals surface area (Å²) >= 11 is 1.22. The van der Waals surface area contributed by atoms with E-state index in [2.05, 4.69) is 10.3 Å². The number of nitrogens with zero attached hydrogens (tertiary/aromatic N) is 2. The number of nitrogens with one attached hydrogen (secondary N) is 1. The summed E-state index contributed by atoms with van der Waals surface area (Å²) in [6.07, 6.45) is -5.05. The molecule has 290 valence electrons. The first kappa shape index (κ1) is 39.2. The quantitative estimate of drug-likeness (QED) is 0.109. The number of ether oxygens (including phenoxy) is 6. The summed E-state index contributed by atoms with van der Waals surface area (Å²) in [5, 5.41) is 77.2. The van der Waals surface area contributed by atoms with Gasteiger partial charge in [0.1, 0.15) is 16.7 Å². The molecular formula is C33H41N3O15S2. The van der Waals surface area contributed by atoms with Crippen molar-refractivity contribution in [2.24, 2.45) is 11.8 Å². The van der Waals surface area contributed by atoms with Gasteiger partial charge in [-0.3, -0.25) is 14.9 Å². The van der Waals surface area contributed by atoms with Crippen molar-refractivity contribution in [1.29, 1.82) is 0 Å². The molecule has 4 heterocycles. The molecule has 1 aromatic heterocycles. The first-order valence-electron chi connectivity index (χ1n) is 16.5. The van der Waals surface area contributed by atoms with Crippen molar-refractivity contribution in [2.75, 3.05) is 13.2 Å². The minimum Gasteiger partial charge on any atom is -0.435 e. The van der Waals surface area contributed by atoms with Crippen molar-refractivity contribution in [2.45, 2.75) is 87.7 Å². The SMILES string of the molecule is Cc1nc(C(O)(O)Oc2ccc(CC(NC(=O)OC3(O)C4CCOC4OC3(O)O)C(C)CN(C(C)C)S(=O)c3ccc4c(c3)OC(O)(O)O4)cc2)cs1. The molecule has 8 N–H and O–H groups in total. The summed E-state index contributed by atoms with van der Waals surface area (Å²) in [6, 6.07) is 9.34. The summed E-state index contributed by atoms with van der Waals surface area (Å²) in [7, 11) is -1.83. The van der Waals surface area contributed by atoms with Gasteiger partial charge in [0.2, 0.25) is 0 Å². The molecule has 3 aromatic rings. The van der Waals surface area contributed by atoms with Gasteiger partial charge in [-0.05, 0) is 69.4 Å². The van der Waals surface area contributed by atoms with Gasteiger partial charge in [0.15, 0.2) is 23.5 Å². The Bertz CT molecular complexity index is 1820. The standard InChI is InChI=1S/C33H41N3O15S2/c1-17(2)36(53(45)22-9-10-25-26(14-22)49-33(43,44)48-25)15-18(3)24(35-29(37)51-30(38)23-11-12-46-28(23)50-32(30,41)42)13-20-5-7-21(8-6-20)47-31(39,40)27-16-52-19(4)34-27/h5-10,14,16-18,23-24,28,38-44H,11-13,15H2,1-4H3,(H,35,37). The lowest BCUT2D eigenvalue weighted by atomic mass is 9.94. The molecule has 1 amide bonds. The number of aryl methyl sites for hydroxylation is 1. The van der Waals surface area contributed by atoms with Gasteiger partial charge in [0, 0.05) is 30.1 Å². The fourth-order valence-electron chi connectivity index (χ4n) is 6.17. The van der Waals surface area contributed by atoms with Crippen molar-refractivity contribution in [3.63, 3.8) is 0 Å². The van der Waals surface area contributed by atoms with Crippen LogP contribution < -0.4 is 19.5 Å². The Morgan fingerprint density at radius 1 is 1.09 bits per heavy atom. The fraction of sp³-hybridized carbons (Fsp3) is 0.515. The normalized spacial score (nSPS) is 24.5. The average molecular weight is 784 g/mol. The predicted octanol–water partition coefficient (Wildman–Crippen LogP) is 0.419. The molecule has 0 radical (unpaired) electrons. The number of aliphatic hydroxyl groups is 7. The maximum absolute atomic E-state index is 13.9. The van der Waals surface area contributed by atoms with Crippen LogP contribution in [0.25, 0.3) is 0 Å². The third-order valence-electron chi connectivity index (χ3n) is 8.98. The summed E-state index contributed by atoms with van der Waals surface area (Å²) in [4.78, 5) is 17.8. The second-order valence-corrected chi connectivity index (χ2v) is 15.8. The number of hydrogen-bond donors (Lipinski definition) is 8. The highest BCUT2D eigenvalue weighted by Crippen LogP contribution is 2.47. The molecular weight excluding hydrogens is 743 g/mol. The zero-order valence-electron chi connectivity index (χ0n) is 28.9. The molecule has 0 aliphatic carbocycles. The number of amides is 1. The monoisotopic (exact) mass is 783 g/mol. The Kier molecular flexibility index (Phi) is 10.8. The van der Waals surface area contributed by atoms with E-state index in [0.717, 1.165) is 0 Å². The van der Waals surface area contributed by atoms with Gasteiger partial charge in [-0.1, -0.05) is 19.1 Å². The smallest absolute Gasteiger partial charge is 0.435 e. The molecule has 2 aromatic carbocycles. The molecule has 0 saturated carbocycles. The van der Waals surface area contributed by atoms with E-state index in [0.29, 0.717) is 10.6 Å². The van der Waals surface area contributed by atoms with Gasteiger partial charge in [-0.2, -0.15) is 0 Å². The molecule has 2 saturated heterocycles. The van der Waals surface area contributed by atoms with Crippen LogP contribution in [0.1, 0.15) is 43.5 Å². The van der Waals surface area contributed by atoms with Crippen LogP contribution in [-0.4, -0.2) is 105 Å². The lowest BCUT2D eigenvalue weighted by molar-refractivity contribution is -0.439. The molecule has 18 nitrogen and oxygen atoms in total. The van der Waals surface area contributed by atoms with Crippen LogP contribution in [0.15, 0.2) is 52.7 Å². The Labute approximate surface area is 309 Å². The van der Waals surface area contributed by atoms with Gasteiger partial charge in [0.05, 0.1) is 22.4 Å². The number of benzene rings is 2. The van der Waals surface area contributed by atoms with E-state index in [1.165, 1.54) is 47.0 Å². The zero-order chi connectivity index (χ0) is 38.5. The molecule has 3 aliphatic rings. The lowest BCUT2D eigenvalue weighted by Gasteiger charge is -2.35. The van der Waals surface area contributed by atoms with Gasteiger partial charge in [0.25, 0.3) is 0 Å². The van der Waals surface area contributed by atoms with E-state index >= 15 is 0 Å². The van der Waals surface area contributed by atoms with Crippen molar-refractivity contribution in [1.82, 2.24) is 14.6 Å². The second kappa shape index (κ2) is 14.6. The number of rotatable bonds is 13. The highest BCUT2D eigenvalue weighted by atomic mass is 32.2. The van der Waals surface area contributed by atoms with E-state index < -0.39 is 65.1 Å². The first-order chi connectivity index (χ1) is 24.8. The number of thiazole rings is 1. The summed E-state index contributed by atoms with van der Waals surface area (Å²) in [6.45, 7) is 7.34. The number of fused-ring (bicyclic) bond motifs is 2. The molecule has 6 rings (SSSR count). The van der Waals surface area contributed by atoms with E-state index in [4.69, 9.17) is 28.4 Å². The van der Waals surface area contributed by atoms with E-state index in [-0.39, 0.29) is 59.9 Å². The van der Waals surface area contributed by atoms with Gasteiger partial charge in [-0.25, -0.2) is 18.3 Å². The van der Waals surface area contributed by atoms with Crippen molar-refractivity contribution >= 4 is 28.4 Å². The predicted molar refractivity (Wildman–Crippen MR) is 180 cm³/mol. The van der Waals surface area contributed by atoms with E-state index in [9.17, 15) is 44.7 Å². The van der Waals surface area contributed by atoms with Crippen LogP contribution in [0.3, 0.4) is 0 Å². The van der Waals surface area contributed by atoms with E-state index in [1.807, 2.05) is 13.8 Å². The molecule has 6 unspecified atom stereocenters. The Balaban J connectivity index is 1.21. The Morgan fingerprint density at radius 2 is 1.79 bits per heavy atom. The molecule has 2 fully saturated rings. The summed E-state index contributed by atoms with van der Waals surface area (Å²) in [5.41, 5.74) is 0.554. The molecule has 20 heteroatoms. The van der Waals surface area contributed by atoms with Crippen molar-refractivity contribution < 1.29 is 73.2 Å². The molecule has 6 atom stereocenters. The van der Waals surface area contributed by atoms with Gasteiger partial charge >= 0.3 is 30.0 Å². The topological polar surface area (TPSA) is 259 Å². The highest BCUT2D eigenvalue weighted by molar-refractivity contribution is 7.82. The second-order valence-electron chi connectivity index (χ2n) is 13.3. The minimum absolute atomic E-state index is 0.0266. The fourth-order valence-corrected chi connectivity index (χ4v) is 8.22. The van der Waals surface area contributed by atoms with Crippen LogP contribution >= 0.6 is 11.3 Å². The largest absolute Gasteiger partial charge is 0.505 e. The minimum atomic E-state index is -3.26. The van der Waals surface area contributed by atoms with Crippen LogP contribution in [0.2, 0.25) is 0 Å². The Hall–Kier alpha value is -3.51. The Morgan fingerprint density at radius 3 is 2.45 bits per heavy atom. The third-order valence-corrected chi connectivity index (χ3v) is 11.4. The highest BCUT2D eigenvalue weighted by Gasteiger charge is 2.70. The van der Waals surface area contributed by atoms with Crippen LogP contribution in [0, 0.1) is 18.8 Å². The number of hydrogen-bond acceptors (Lipinski definition) is 17. The molecule has 0 bridgehead atoms. The summed E-state index contributed by atoms with van der Waals surface area (Å²) in [5.74, 6) is -10.3. The van der Waals surface area contributed by atoms with Crippen LogP contribution in [0.5, 0.6) is 17.2 Å². The summed E-state index contributed by atoms with van der Waals surface area (Å²) < 4.78 is 46.4. The molecule has 3 aliphatic heterocycles. The maximum Gasteiger partial charge on any atom is 0.505 e. The molecule has 53 heavy (non-hydrogen) atoms. The van der Waals surface area contributed by atoms with E-state index in [1.54, 1.807) is 30.3 Å². The van der Waals surface area contributed by atoms with Crippen LogP contribution in [0.4, 0.5) is 4.79 Å². The van der Waals surface area contributed by atoms with Crippen LogP contribution in [-0.2, 0) is 37.6 Å². The number of carbonyl (C=O) groups is 1. The van der Waals surface area contributed by atoms with Gasteiger partial charge in [-0.15, -0.1) is 11.3 Å². The number of alkyl carbamates (subject to hydrolysis) is 1. The van der Waals surface area contributed by atoms with Crippen molar-refractivity contribution in [3.8, 4) is 17.2 Å². The maximum atomic E-state index is 13.9. The average Bonchev–Trinajstić information content (AvgIpc) is 3.83. The van der Waals surface area contributed by atoms with Gasteiger partial charge < -0.3 is 54.5 Å².